The predicted octanol–water partition coefficient (Wildman–Crippen LogP) is 2.70. The van der Waals surface area contributed by atoms with E-state index in [0.29, 0.717) is 6.04 Å². The average Bonchev–Trinajstić information content (AvgIpc) is 2.18. The molecule has 0 fully saturated rings. The summed E-state index contributed by atoms with van der Waals surface area (Å²) < 4.78 is 0. The number of hydrogen-bond acceptors (Lipinski definition) is 2. The monoisotopic (exact) mass is 243 g/mol. The number of rotatable bonds is 4. The maximum Gasteiger partial charge on any atom is 0.102 e. The molecule has 0 aliphatic rings. The normalized spacial score (nSPS) is 16.4. The minimum atomic E-state index is -0.828. The molecule has 1 rings (SSSR count). The van der Waals surface area contributed by atoms with Gasteiger partial charge in [0.1, 0.15) is 5.60 Å². The fourth-order valence-electron chi connectivity index (χ4n) is 1.69. The fourth-order valence-corrected chi connectivity index (χ4v) is 1.69. The molecule has 0 aliphatic carbocycles. The summed E-state index contributed by atoms with van der Waals surface area (Å²) in [5, 5.41) is 13.8. The molecule has 0 aromatic heterocycles. The minimum absolute atomic E-state index is 0. The minimum Gasteiger partial charge on any atom is -0.384 e. The molecule has 0 bridgehead atoms. The highest BCUT2D eigenvalue weighted by atomic mass is 35.5. The summed E-state index contributed by atoms with van der Waals surface area (Å²) >= 11 is 0. The van der Waals surface area contributed by atoms with Crippen LogP contribution in [-0.2, 0) is 5.60 Å². The van der Waals surface area contributed by atoms with Gasteiger partial charge < -0.3 is 10.4 Å². The Balaban J connectivity index is 0.00000225. The van der Waals surface area contributed by atoms with Crippen molar-refractivity contribution in [3.8, 4) is 0 Å². The summed E-state index contributed by atoms with van der Waals surface area (Å²) in [6.07, 6.45) is 0. The highest BCUT2D eigenvalue weighted by Gasteiger charge is 2.30. The maximum absolute atomic E-state index is 10.4. The average molecular weight is 244 g/mol. The van der Waals surface area contributed by atoms with Crippen LogP contribution in [0.1, 0.15) is 33.3 Å². The third kappa shape index (κ3) is 3.78. The van der Waals surface area contributed by atoms with Gasteiger partial charge in [-0.05, 0) is 19.4 Å². The van der Waals surface area contributed by atoms with Gasteiger partial charge in [0.05, 0.1) is 0 Å². The first kappa shape index (κ1) is 15.4. The topological polar surface area (TPSA) is 32.3 Å². The van der Waals surface area contributed by atoms with Crippen LogP contribution in [-0.4, -0.2) is 17.2 Å². The Morgan fingerprint density at radius 3 is 2.06 bits per heavy atom. The van der Waals surface area contributed by atoms with Crippen molar-refractivity contribution >= 4 is 12.4 Å². The van der Waals surface area contributed by atoms with Gasteiger partial charge in [0.25, 0.3) is 0 Å². The van der Waals surface area contributed by atoms with Gasteiger partial charge in [-0.2, -0.15) is 0 Å². The van der Waals surface area contributed by atoms with Crippen LogP contribution in [0.4, 0.5) is 0 Å². The Labute approximate surface area is 104 Å². The van der Waals surface area contributed by atoms with Crippen molar-refractivity contribution in [3.63, 3.8) is 0 Å². The van der Waals surface area contributed by atoms with Crippen LogP contribution < -0.4 is 5.32 Å². The van der Waals surface area contributed by atoms with E-state index in [2.05, 4.69) is 19.2 Å². The first-order chi connectivity index (χ1) is 6.94. The number of aliphatic hydroxyl groups is 1. The highest BCUT2D eigenvalue weighted by molar-refractivity contribution is 5.85. The molecule has 0 saturated heterocycles. The molecule has 0 saturated carbocycles. The van der Waals surface area contributed by atoms with Gasteiger partial charge in [-0.25, -0.2) is 0 Å². The van der Waals surface area contributed by atoms with Crippen molar-refractivity contribution < 1.29 is 5.11 Å². The molecule has 2 unspecified atom stereocenters. The lowest BCUT2D eigenvalue weighted by Crippen LogP contribution is -2.47. The van der Waals surface area contributed by atoms with Crippen LogP contribution in [0.25, 0.3) is 0 Å². The first-order valence-electron chi connectivity index (χ1n) is 5.48. The van der Waals surface area contributed by atoms with Gasteiger partial charge in [-0.3, -0.25) is 0 Å². The summed E-state index contributed by atoms with van der Waals surface area (Å²) in [5.74, 6) is 0. The molecule has 16 heavy (non-hydrogen) atoms. The molecule has 1 aromatic carbocycles. The molecular formula is C13H22ClNO. The molecule has 0 aliphatic heterocycles. The molecule has 0 amide bonds. The Morgan fingerprint density at radius 2 is 1.62 bits per heavy atom. The standard InChI is InChI=1S/C13H21NO.ClH/c1-10(2)14-11(3)13(4,15)12-8-6-5-7-9-12;/h5-11,14-15H,1-4H3;1H. The Hall–Kier alpha value is -0.570. The molecule has 2 atom stereocenters. The summed E-state index contributed by atoms with van der Waals surface area (Å²) in [6.45, 7) is 8.02. The van der Waals surface area contributed by atoms with Crippen molar-refractivity contribution in [3.05, 3.63) is 35.9 Å². The van der Waals surface area contributed by atoms with E-state index in [1.807, 2.05) is 44.2 Å². The van der Waals surface area contributed by atoms with Gasteiger partial charge in [0.15, 0.2) is 0 Å². The summed E-state index contributed by atoms with van der Waals surface area (Å²) in [5.41, 5.74) is 0.122. The van der Waals surface area contributed by atoms with Crippen molar-refractivity contribution in [2.45, 2.75) is 45.4 Å². The number of halogens is 1. The summed E-state index contributed by atoms with van der Waals surface area (Å²) in [7, 11) is 0. The molecule has 2 nitrogen and oxygen atoms in total. The second kappa shape index (κ2) is 6.24. The fraction of sp³-hybridized carbons (Fsp3) is 0.538. The first-order valence-corrected chi connectivity index (χ1v) is 5.48. The Bertz CT molecular complexity index is 298. The van der Waals surface area contributed by atoms with E-state index >= 15 is 0 Å². The van der Waals surface area contributed by atoms with E-state index < -0.39 is 5.60 Å². The van der Waals surface area contributed by atoms with Crippen LogP contribution in [0.3, 0.4) is 0 Å². The Morgan fingerprint density at radius 1 is 1.12 bits per heavy atom. The second-order valence-corrected chi connectivity index (χ2v) is 4.56. The van der Waals surface area contributed by atoms with E-state index in [1.54, 1.807) is 0 Å². The zero-order valence-electron chi connectivity index (χ0n) is 10.4. The molecular weight excluding hydrogens is 222 g/mol. The maximum atomic E-state index is 10.4. The van der Waals surface area contributed by atoms with Crippen molar-refractivity contribution in [1.29, 1.82) is 0 Å². The van der Waals surface area contributed by atoms with Gasteiger partial charge >= 0.3 is 0 Å². The lowest BCUT2D eigenvalue weighted by molar-refractivity contribution is 0.0187. The molecule has 0 spiro atoms. The third-order valence-corrected chi connectivity index (χ3v) is 2.78. The third-order valence-electron chi connectivity index (χ3n) is 2.78. The Kier molecular flexibility index (Phi) is 6.01. The molecule has 0 heterocycles. The zero-order valence-corrected chi connectivity index (χ0v) is 11.2. The molecule has 1 aromatic rings. The van der Waals surface area contributed by atoms with Crippen molar-refractivity contribution in [1.82, 2.24) is 5.32 Å². The van der Waals surface area contributed by atoms with Gasteiger partial charge in [-0.15, -0.1) is 12.4 Å². The molecule has 92 valence electrons. The smallest absolute Gasteiger partial charge is 0.102 e. The largest absolute Gasteiger partial charge is 0.384 e. The van der Waals surface area contributed by atoms with E-state index in [0.717, 1.165) is 5.56 Å². The lowest BCUT2D eigenvalue weighted by Gasteiger charge is -2.33. The number of nitrogens with one attached hydrogen (secondary N) is 1. The van der Waals surface area contributed by atoms with Gasteiger partial charge in [0.2, 0.25) is 0 Å². The van der Waals surface area contributed by atoms with E-state index in [-0.39, 0.29) is 18.4 Å². The van der Waals surface area contributed by atoms with E-state index in [4.69, 9.17) is 0 Å². The molecule has 3 heteroatoms. The summed E-state index contributed by atoms with van der Waals surface area (Å²) in [4.78, 5) is 0. The van der Waals surface area contributed by atoms with Crippen LogP contribution in [0.2, 0.25) is 0 Å². The van der Waals surface area contributed by atoms with Crippen LogP contribution in [0.15, 0.2) is 30.3 Å². The van der Waals surface area contributed by atoms with Crippen LogP contribution >= 0.6 is 12.4 Å². The van der Waals surface area contributed by atoms with Gasteiger partial charge in [-0.1, -0.05) is 44.2 Å². The lowest BCUT2D eigenvalue weighted by atomic mass is 9.89. The SMILES string of the molecule is CC(C)NC(C)C(C)(O)c1ccccc1.Cl. The van der Waals surface area contributed by atoms with Crippen molar-refractivity contribution in [2.75, 3.05) is 0 Å². The van der Waals surface area contributed by atoms with E-state index in [9.17, 15) is 5.11 Å². The second-order valence-electron chi connectivity index (χ2n) is 4.56. The van der Waals surface area contributed by atoms with Crippen LogP contribution in [0.5, 0.6) is 0 Å². The van der Waals surface area contributed by atoms with E-state index in [1.165, 1.54) is 0 Å². The quantitative estimate of drug-likeness (QED) is 0.852. The predicted molar refractivity (Wildman–Crippen MR) is 71.0 cm³/mol. The summed E-state index contributed by atoms with van der Waals surface area (Å²) in [6, 6.07) is 10.2. The number of hydrogen-bond donors (Lipinski definition) is 2. The molecule has 0 radical (unpaired) electrons. The zero-order chi connectivity index (χ0) is 11.5. The van der Waals surface area contributed by atoms with Crippen LogP contribution in [0, 0.1) is 0 Å². The highest BCUT2D eigenvalue weighted by Crippen LogP contribution is 2.24. The van der Waals surface area contributed by atoms with Gasteiger partial charge in [0, 0.05) is 12.1 Å². The number of benzene rings is 1. The molecule has 2 N–H and O–H groups in total. The van der Waals surface area contributed by atoms with Crippen molar-refractivity contribution in [2.24, 2.45) is 0 Å².